The molecule has 0 aliphatic heterocycles. The molecular formula is C21H32F2N4O3. The third-order valence-corrected chi connectivity index (χ3v) is 5.08. The fourth-order valence-corrected chi connectivity index (χ4v) is 3.31. The number of likely N-dealkylation sites (N-methyl/N-ethyl adjacent to an activating group) is 1. The number of methoxy groups -OCH3 is 1. The quantitative estimate of drug-likeness (QED) is 0.469. The van der Waals surface area contributed by atoms with Gasteiger partial charge in [-0.2, -0.15) is 8.78 Å². The molecule has 2 N–H and O–H groups in total. The number of halogens is 2. The Hall–Kier alpha value is -2.58. The number of nitrogens with zero attached hydrogens (tertiary/aromatic N) is 2. The van der Waals surface area contributed by atoms with Crippen LogP contribution in [-0.2, 0) is 11.3 Å². The summed E-state index contributed by atoms with van der Waals surface area (Å²) in [6.07, 6.45) is 6.06. The van der Waals surface area contributed by atoms with Gasteiger partial charge in [-0.3, -0.25) is 4.79 Å². The predicted octanol–water partition coefficient (Wildman–Crippen LogP) is 3.00. The van der Waals surface area contributed by atoms with Gasteiger partial charge in [0.2, 0.25) is 5.91 Å². The van der Waals surface area contributed by atoms with Crippen molar-refractivity contribution < 1.29 is 23.0 Å². The Morgan fingerprint density at radius 2 is 1.97 bits per heavy atom. The van der Waals surface area contributed by atoms with E-state index in [4.69, 9.17) is 4.74 Å². The molecule has 1 aliphatic rings. The van der Waals surface area contributed by atoms with E-state index in [1.165, 1.54) is 50.2 Å². The molecule has 0 radical (unpaired) electrons. The highest BCUT2D eigenvalue weighted by Crippen LogP contribution is 2.26. The van der Waals surface area contributed by atoms with Gasteiger partial charge in [0.1, 0.15) is 11.5 Å². The number of hydrogen-bond acceptors (Lipinski definition) is 4. The second-order valence-electron chi connectivity index (χ2n) is 7.54. The fraction of sp³-hybridized carbons (Fsp3) is 0.619. The Balaban J connectivity index is 2.11. The lowest BCUT2D eigenvalue weighted by molar-refractivity contribution is -0.127. The molecule has 1 aromatic rings. The number of aliphatic imine (C=N–C) groups is 1. The highest BCUT2D eigenvalue weighted by Gasteiger charge is 2.15. The number of nitrogens with one attached hydrogen (secondary N) is 2. The summed E-state index contributed by atoms with van der Waals surface area (Å²) in [7, 11) is 4.86. The van der Waals surface area contributed by atoms with Crippen molar-refractivity contribution >= 4 is 11.9 Å². The van der Waals surface area contributed by atoms with E-state index in [2.05, 4.69) is 20.4 Å². The van der Waals surface area contributed by atoms with E-state index in [-0.39, 0.29) is 24.7 Å². The van der Waals surface area contributed by atoms with Crippen LogP contribution in [-0.4, -0.2) is 57.7 Å². The molecule has 0 heterocycles. The first-order chi connectivity index (χ1) is 14.4. The molecule has 0 unspecified atom stereocenters. The average molecular weight is 427 g/mol. The van der Waals surface area contributed by atoms with Crippen molar-refractivity contribution in [1.29, 1.82) is 0 Å². The van der Waals surface area contributed by atoms with E-state index in [0.717, 1.165) is 6.54 Å². The first-order valence-corrected chi connectivity index (χ1v) is 10.2. The maximum Gasteiger partial charge on any atom is 0.387 e. The van der Waals surface area contributed by atoms with Crippen LogP contribution in [0.4, 0.5) is 8.78 Å². The van der Waals surface area contributed by atoms with Gasteiger partial charge < -0.3 is 25.0 Å². The van der Waals surface area contributed by atoms with E-state index < -0.39 is 6.61 Å². The van der Waals surface area contributed by atoms with Gasteiger partial charge >= 0.3 is 6.61 Å². The second kappa shape index (κ2) is 12.2. The van der Waals surface area contributed by atoms with Crippen molar-refractivity contribution in [3.63, 3.8) is 0 Å². The summed E-state index contributed by atoms with van der Waals surface area (Å²) in [5, 5.41) is 6.32. The Morgan fingerprint density at radius 3 is 2.60 bits per heavy atom. The molecule has 7 nitrogen and oxygen atoms in total. The van der Waals surface area contributed by atoms with E-state index in [0.29, 0.717) is 23.2 Å². The van der Waals surface area contributed by atoms with Crippen LogP contribution in [0.2, 0.25) is 0 Å². The number of carbonyl (C=O) groups is 1. The zero-order chi connectivity index (χ0) is 21.9. The number of carbonyl (C=O) groups excluding carboxylic acids is 1. The normalized spacial score (nSPS) is 15.1. The van der Waals surface area contributed by atoms with Crippen LogP contribution in [0.5, 0.6) is 11.5 Å². The van der Waals surface area contributed by atoms with Crippen molar-refractivity contribution in [3.05, 3.63) is 23.8 Å². The van der Waals surface area contributed by atoms with Gasteiger partial charge in [-0.1, -0.05) is 19.3 Å². The summed E-state index contributed by atoms with van der Waals surface area (Å²) in [6, 6.07) is 4.61. The Kier molecular flexibility index (Phi) is 9.63. The van der Waals surface area contributed by atoms with E-state index in [1.54, 1.807) is 26.2 Å². The summed E-state index contributed by atoms with van der Waals surface area (Å²) in [5.41, 5.74) is 0.465. The summed E-state index contributed by atoms with van der Waals surface area (Å²) in [5.74, 6) is 1.50. The number of amides is 1. The summed E-state index contributed by atoms with van der Waals surface area (Å²) in [4.78, 5) is 17.9. The van der Waals surface area contributed by atoms with Crippen LogP contribution in [0.25, 0.3) is 0 Å². The van der Waals surface area contributed by atoms with Crippen molar-refractivity contribution in [2.75, 3.05) is 34.3 Å². The largest absolute Gasteiger partial charge is 0.497 e. The molecule has 0 atom stereocenters. The molecule has 168 valence electrons. The first-order valence-electron chi connectivity index (χ1n) is 10.2. The number of hydrogen-bond donors (Lipinski definition) is 2. The zero-order valence-electron chi connectivity index (χ0n) is 17.9. The van der Waals surface area contributed by atoms with Crippen molar-refractivity contribution in [2.24, 2.45) is 10.9 Å². The van der Waals surface area contributed by atoms with Crippen LogP contribution in [0, 0.1) is 5.92 Å². The molecule has 0 saturated heterocycles. The fourth-order valence-electron chi connectivity index (χ4n) is 3.31. The number of benzene rings is 1. The molecule has 0 spiro atoms. The van der Waals surface area contributed by atoms with Gasteiger partial charge in [-0.15, -0.1) is 0 Å². The van der Waals surface area contributed by atoms with Gasteiger partial charge in [0, 0.05) is 26.2 Å². The van der Waals surface area contributed by atoms with Crippen LogP contribution in [0.3, 0.4) is 0 Å². The lowest BCUT2D eigenvalue weighted by Gasteiger charge is -2.23. The van der Waals surface area contributed by atoms with E-state index in [9.17, 15) is 13.6 Å². The molecule has 9 heteroatoms. The van der Waals surface area contributed by atoms with Crippen LogP contribution in [0.1, 0.15) is 37.7 Å². The van der Waals surface area contributed by atoms with Crippen LogP contribution >= 0.6 is 0 Å². The Bertz CT molecular complexity index is 707. The molecule has 1 aliphatic carbocycles. The average Bonchev–Trinajstić information content (AvgIpc) is 2.74. The first kappa shape index (κ1) is 23.7. The zero-order valence-corrected chi connectivity index (χ0v) is 17.9. The third kappa shape index (κ3) is 8.04. The predicted molar refractivity (Wildman–Crippen MR) is 112 cm³/mol. The summed E-state index contributed by atoms with van der Waals surface area (Å²) in [6.45, 7) is -2.00. The maximum atomic E-state index is 12.7. The lowest BCUT2D eigenvalue weighted by atomic mass is 9.89. The van der Waals surface area contributed by atoms with Gasteiger partial charge in [-0.25, -0.2) is 4.99 Å². The second-order valence-corrected chi connectivity index (χ2v) is 7.54. The smallest absolute Gasteiger partial charge is 0.387 e. The summed E-state index contributed by atoms with van der Waals surface area (Å²) < 4.78 is 35.3. The molecular weight excluding hydrogens is 394 g/mol. The van der Waals surface area contributed by atoms with Crippen molar-refractivity contribution in [3.8, 4) is 11.5 Å². The maximum absolute atomic E-state index is 12.7. The minimum Gasteiger partial charge on any atom is -0.497 e. The molecule has 1 aromatic carbocycles. The Labute approximate surface area is 176 Å². The third-order valence-electron chi connectivity index (χ3n) is 5.08. The van der Waals surface area contributed by atoms with E-state index >= 15 is 0 Å². The Morgan fingerprint density at radius 1 is 1.23 bits per heavy atom. The SMILES string of the molecule is COc1ccc(OC(F)F)c(CN=C(NCC(=O)N(C)C)NCC2CCCCC2)c1. The monoisotopic (exact) mass is 426 g/mol. The number of guanidine groups is 1. The van der Waals surface area contributed by atoms with Crippen LogP contribution < -0.4 is 20.1 Å². The minimum absolute atomic E-state index is 0.0468. The van der Waals surface area contributed by atoms with Gasteiger partial charge in [0.05, 0.1) is 20.2 Å². The molecule has 30 heavy (non-hydrogen) atoms. The van der Waals surface area contributed by atoms with Crippen molar-refractivity contribution in [1.82, 2.24) is 15.5 Å². The van der Waals surface area contributed by atoms with Gasteiger partial charge in [-0.05, 0) is 37.0 Å². The molecule has 2 rings (SSSR count). The number of ether oxygens (including phenoxy) is 2. The van der Waals surface area contributed by atoms with E-state index in [1.807, 2.05) is 0 Å². The summed E-state index contributed by atoms with van der Waals surface area (Å²) >= 11 is 0. The lowest BCUT2D eigenvalue weighted by Crippen LogP contribution is -2.44. The standard InChI is InChI=1S/C21H32F2N4O3/c1-27(2)19(28)14-26-21(24-12-15-7-5-4-6-8-15)25-13-16-11-17(29-3)9-10-18(16)30-20(22)23/h9-11,15,20H,4-8,12-14H2,1-3H3,(H2,24,25,26). The number of rotatable bonds is 9. The van der Waals surface area contributed by atoms with Gasteiger partial charge in [0.15, 0.2) is 5.96 Å². The molecule has 0 aromatic heterocycles. The topological polar surface area (TPSA) is 75.2 Å². The molecule has 1 fully saturated rings. The highest BCUT2D eigenvalue weighted by atomic mass is 19.3. The molecule has 1 saturated carbocycles. The molecule has 0 bridgehead atoms. The highest BCUT2D eigenvalue weighted by molar-refractivity contribution is 5.86. The minimum atomic E-state index is -2.93. The van der Waals surface area contributed by atoms with Gasteiger partial charge in [0.25, 0.3) is 0 Å². The van der Waals surface area contributed by atoms with Crippen LogP contribution in [0.15, 0.2) is 23.2 Å². The molecule has 1 amide bonds. The number of alkyl halides is 2. The van der Waals surface area contributed by atoms with Crippen molar-refractivity contribution in [2.45, 2.75) is 45.3 Å².